The third-order valence-electron chi connectivity index (χ3n) is 7.91. The van der Waals surface area contributed by atoms with Crippen LogP contribution in [0.25, 0.3) is 0 Å². The van der Waals surface area contributed by atoms with E-state index in [-0.39, 0.29) is 67.4 Å². The molecule has 6 unspecified atom stereocenters. The predicted molar refractivity (Wildman–Crippen MR) is 112 cm³/mol. The summed E-state index contributed by atoms with van der Waals surface area (Å²) in [5.41, 5.74) is 0. The lowest BCUT2D eigenvalue weighted by Gasteiger charge is -2.33. The molecule has 6 atom stereocenters. The van der Waals surface area contributed by atoms with Gasteiger partial charge in [-0.2, -0.15) is 0 Å². The zero-order valence-corrected chi connectivity index (χ0v) is 19.5. The average molecular weight is 469 g/mol. The largest absolute Gasteiger partial charge is 0.428 e. The van der Waals surface area contributed by atoms with Gasteiger partial charge in [0, 0.05) is 5.92 Å². The molecule has 9 heteroatoms. The Bertz CT molecular complexity index is 698. The molecule has 33 heavy (non-hydrogen) atoms. The number of carbonyl (C=O) groups excluding carboxylic acids is 2. The van der Waals surface area contributed by atoms with E-state index in [1.165, 1.54) is 0 Å². The summed E-state index contributed by atoms with van der Waals surface area (Å²) in [6, 6.07) is 0. The summed E-state index contributed by atoms with van der Waals surface area (Å²) in [5.74, 6) is 0.0914. The highest BCUT2D eigenvalue weighted by molar-refractivity contribution is 5.74. The summed E-state index contributed by atoms with van der Waals surface area (Å²) >= 11 is 0. The van der Waals surface area contributed by atoms with Gasteiger partial charge in [0.25, 0.3) is 0 Å². The standard InChI is InChI=1S/C24H36O9/c1-13-3-5-15(6-4-13)21(25)28-12-29-22(26)16-7-9-17(10-8-16)23-32-20-19-18(31-24(20)33-23)11-27-14(2)30-19/h13-20,23-24H,3-12H2,1-2H3. The van der Waals surface area contributed by atoms with Crippen LogP contribution in [0.15, 0.2) is 0 Å². The fraction of sp³-hybridized carbons (Fsp3) is 0.917. The molecule has 9 nitrogen and oxygen atoms in total. The van der Waals surface area contributed by atoms with Gasteiger partial charge in [-0.1, -0.05) is 6.92 Å². The predicted octanol–water partition coefficient (Wildman–Crippen LogP) is 2.89. The first kappa shape index (κ1) is 23.5. The molecule has 0 aromatic rings. The van der Waals surface area contributed by atoms with Crippen molar-refractivity contribution in [3.63, 3.8) is 0 Å². The zero-order valence-electron chi connectivity index (χ0n) is 19.5. The lowest BCUT2D eigenvalue weighted by atomic mass is 9.81. The van der Waals surface area contributed by atoms with E-state index in [2.05, 4.69) is 6.92 Å². The first-order chi connectivity index (χ1) is 16.0. The highest BCUT2D eigenvalue weighted by atomic mass is 16.8. The normalized spacial score (nSPS) is 45.2. The third-order valence-corrected chi connectivity index (χ3v) is 7.91. The molecule has 0 N–H and O–H groups in total. The van der Waals surface area contributed by atoms with Crippen LogP contribution in [0.3, 0.4) is 0 Å². The summed E-state index contributed by atoms with van der Waals surface area (Å²) in [7, 11) is 0. The molecular weight excluding hydrogens is 432 g/mol. The van der Waals surface area contributed by atoms with Crippen molar-refractivity contribution >= 4 is 11.9 Å². The van der Waals surface area contributed by atoms with Gasteiger partial charge in [-0.25, -0.2) is 0 Å². The van der Waals surface area contributed by atoms with Gasteiger partial charge in [0.2, 0.25) is 6.79 Å². The molecule has 3 aliphatic heterocycles. The average Bonchev–Trinajstić information content (AvgIpc) is 3.38. The van der Waals surface area contributed by atoms with Crippen LogP contribution in [-0.4, -0.2) is 62.5 Å². The summed E-state index contributed by atoms with van der Waals surface area (Å²) < 4.78 is 40.0. The minimum absolute atomic E-state index is 0.0600. The Balaban J connectivity index is 1.01. The Labute approximate surface area is 194 Å². The van der Waals surface area contributed by atoms with E-state index >= 15 is 0 Å². The summed E-state index contributed by atoms with van der Waals surface area (Å²) in [5, 5.41) is 0. The maximum Gasteiger partial charge on any atom is 0.311 e. The maximum atomic E-state index is 12.5. The fourth-order valence-corrected chi connectivity index (χ4v) is 5.78. The second-order valence-corrected chi connectivity index (χ2v) is 10.3. The van der Waals surface area contributed by atoms with E-state index in [1.54, 1.807) is 0 Å². The first-order valence-corrected chi connectivity index (χ1v) is 12.5. The molecule has 0 spiro atoms. The van der Waals surface area contributed by atoms with Crippen LogP contribution in [-0.2, 0) is 42.7 Å². The first-order valence-electron chi connectivity index (χ1n) is 12.5. The summed E-state index contributed by atoms with van der Waals surface area (Å²) in [6.07, 6.45) is 5.20. The highest BCUT2D eigenvalue weighted by Crippen LogP contribution is 2.42. The number of rotatable bonds is 5. The van der Waals surface area contributed by atoms with Crippen molar-refractivity contribution in [1.29, 1.82) is 0 Å². The van der Waals surface area contributed by atoms with Gasteiger partial charge in [0.05, 0.1) is 18.4 Å². The van der Waals surface area contributed by atoms with Crippen LogP contribution in [0.4, 0.5) is 0 Å². The number of ether oxygens (including phenoxy) is 7. The second-order valence-electron chi connectivity index (χ2n) is 10.3. The molecular formula is C24H36O9. The molecule has 2 saturated carbocycles. The van der Waals surface area contributed by atoms with Crippen molar-refractivity contribution in [2.75, 3.05) is 13.4 Å². The smallest absolute Gasteiger partial charge is 0.311 e. The number of fused-ring (bicyclic) bond motifs is 3. The quantitative estimate of drug-likeness (QED) is 0.445. The van der Waals surface area contributed by atoms with E-state index in [0.717, 1.165) is 38.5 Å². The fourth-order valence-electron chi connectivity index (χ4n) is 5.78. The van der Waals surface area contributed by atoms with Gasteiger partial charge in [-0.3, -0.25) is 9.59 Å². The Morgan fingerprint density at radius 2 is 1.36 bits per heavy atom. The Kier molecular flexibility index (Phi) is 7.23. The van der Waals surface area contributed by atoms with Gasteiger partial charge in [-0.05, 0) is 64.2 Å². The van der Waals surface area contributed by atoms with Gasteiger partial charge < -0.3 is 33.2 Å². The Hall–Kier alpha value is -1.26. The van der Waals surface area contributed by atoms with Gasteiger partial charge in [0.15, 0.2) is 18.9 Å². The van der Waals surface area contributed by atoms with Crippen molar-refractivity contribution in [1.82, 2.24) is 0 Å². The molecule has 0 bridgehead atoms. The van der Waals surface area contributed by atoms with Crippen molar-refractivity contribution in [2.45, 2.75) is 102 Å². The van der Waals surface area contributed by atoms with Crippen LogP contribution >= 0.6 is 0 Å². The van der Waals surface area contributed by atoms with Gasteiger partial charge >= 0.3 is 11.9 Å². The van der Waals surface area contributed by atoms with Crippen LogP contribution in [0, 0.1) is 23.7 Å². The number of hydrogen-bond donors (Lipinski definition) is 0. The van der Waals surface area contributed by atoms with Crippen molar-refractivity contribution in [3.8, 4) is 0 Å². The molecule has 2 aliphatic carbocycles. The molecule has 3 heterocycles. The maximum absolute atomic E-state index is 12.5. The monoisotopic (exact) mass is 468 g/mol. The Morgan fingerprint density at radius 3 is 2.03 bits per heavy atom. The highest BCUT2D eigenvalue weighted by Gasteiger charge is 2.56. The molecule has 0 amide bonds. The summed E-state index contributed by atoms with van der Waals surface area (Å²) in [6.45, 7) is 4.27. The van der Waals surface area contributed by atoms with Crippen molar-refractivity contribution in [3.05, 3.63) is 0 Å². The molecule has 0 radical (unpaired) electrons. The molecule has 5 fully saturated rings. The number of esters is 2. The lowest BCUT2D eigenvalue weighted by molar-refractivity contribution is -0.268. The van der Waals surface area contributed by atoms with E-state index in [0.29, 0.717) is 25.4 Å². The van der Waals surface area contributed by atoms with Crippen LogP contribution in [0.2, 0.25) is 0 Å². The van der Waals surface area contributed by atoms with Crippen LogP contribution in [0.5, 0.6) is 0 Å². The topological polar surface area (TPSA) is 98.8 Å². The molecule has 5 aliphatic rings. The molecule has 3 saturated heterocycles. The molecule has 0 aromatic heterocycles. The van der Waals surface area contributed by atoms with E-state index in [4.69, 9.17) is 33.2 Å². The molecule has 5 rings (SSSR count). The SMILES string of the molecule is CC1CCC(C(=O)OCOC(=O)C2CCC(C3OC4OC5COC(C)OC5C4O3)CC2)CC1. The minimum atomic E-state index is -0.427. The second kappa shape index (κ2) is 10.2. The number of carbonyl (C=O) groups is 2. The van der Waals surface area contributed by atoms with Crippen molar-refractivity contribution < 1.29 is 42.7 Å². The van der Waals surface area contributed by atoms with Crippen LogP contribution in [0.1, 0.15) is 65.2 Å². The van der Waals surface area contributed by atoms with Crippen molar-refractivity contribution in [2.24, 2.45) is 23.7 Å². The molecule has 186 valence electrons. The van der Waals surface area contributed by atoms with E-state index in [9.17, 15) is 9.59 Å². The number of hydrogen-bond acceptors (Lipinski definition) is 9. The third kappa shape index (κ3) is 5.22. The zero-order chi connectivity index (χ0) is 22.9. The van der Waals surface area contributed by atoms with E-state index < -0.39 is 6.29 Å². The van der Waals surface area contributed by atoms with Gasteiger partial charge in [-0.15, -0.1) is 0 Å². The Morgan fingerprint density at radius 1 is 0.727 bits per heavy atom. The molecule has 0 aromatic carbocycles. The van der Waals surface area contributed by atoms with E-state index in [1.807, 2.05) is 6.92 Å². The van der Waals surface area contributed by atoms with Gasteiger partial charge in [0.1, 0.15) is 18.3 Å². The minimum Gasteiger partial charge on any atom is -0.428 e. The van der Waals surface area contributed by atoms with Crippen LogP contribution < -0.4 is 0 Å². The lowest BCUT2D eigenvalue weighted by Crippen LogP contribution is -2.45. The summed E-state index contributed by atoms with van der Waals surface area (Å²) in [4.78, 5) is 24.6.